The third-order valence-corrected chi connectivity index (χ3v) is 2.32. The van der Waals surface area contributed by atoms with Gasteiger partial charge in [0.05, 0.1) is 0 Å². The second kappa shape index (κ2) is 4.71. The molecule has 0 heterocycles. The molecule has 1 radical (unpaired) electrons. The van der Waals surface area contributed by atoms with E-state index in [-0.39, 0.29) is 11.6 Å². The number of hydrogen-bond donors (Lipinski definition) is 0. The topological polar surface area (TPSA) is 17.1 Å². The van der Waals surface area contributed by atoms with Gasteiger partial charge in [-0.1, -0.05) is 36.4 Å². The molecule has 0 aromatic heterocycles. The average Bonchev–Trinajstić information content (AvgIpc) is 2.33. The third-order valence-electron chi connectivity index (χ3n) is 2.32. The molecular weight excluding hydrogens is 203 g/mol. The van der Waals surface area contributed by atoms with Crippen LogP contribution in [-0.4, -0.2) is 5.78 Å². The molecule has 0 bridgehead atoms. The zero-order valence-corrected chi connectivity index (χ0v) is 8.61. The van der Waals surface area contributed by atoms with E-state index in [1.165, 1.54) is 12.1 Å². The molecule has 2 aromatic rings. The van der Waals surface area contributed by atoms with Gasteiger partial charge in [-0.3, -0.25) is 4.79 Å². The van der Waals surface area contributed by atoms with Crippen LogP contribution in [0, 0.1) is 11.9 Å². The van der Waals surface area contributed by atoms with Crippen LogP contribution in [0.25, 0.3) is 0 Å². The van der Waals surface area contributed by atoms with E-state index in [0.717, 1.165) is 5.56 Å². The summed E-state index contributed by atoms with van der Waals surface area (Å²) in [5, 5.41) is 0. The lowest BCUT2D eigenvalue weighted by atomic mass is 10.0. The van der Waals surface area contributed by atoms with Crippen molar-refractivity contribution in [3.63, 3.8) is 0 Å². The Hall–Kier alpha value is -1.96. The summed E-state index contributed by atoms with van der Waals surface area (Å²) in [7, 11) is 0. The van der Waals surface area contributed by atoms with E-state index in [9.17, 15) is 9.18 Å². The Kier molecular flexibility index (Phi) is 3.10. The molecule has 2 aromatic carbocycles. The minimum Gasteiger partial charge on any atom is -0.294 e. The minimum absolute atomic E-state index is 0.0283. The lowest BCUT2D eigenvalue weighted by molar-refractivity contribution is 0.0993. The van der Waals surface area contributed by atoms with E-state index in [2.05, 4.69) is 6.07 Å². The van der Waals surface area contributed by atoms with Crippen LogP contribution < -0.4 is 0 Å². The van der Waals surface area contributed by atoms with E-state index < -0.39 is 0 Å². The van der Waals surface area contributed by atoms with Crippen molar-refractivity contribution >= 4 is 5.78 Å². The molecule has 0 spiro atoms. The first kappa shape index (κ1) is 10.6. The summed E-state index contributed by atoms with van der Waals surface area (Å²) in [6, 6.07) is 15.7. The molecular formula is C14H10FO. The highest BCUT2D eigenvalue weighted by atomic mass is 19.1. The first-order valence-corrected chi connectivity index (χ1v) is 4.99. The predicted octanol–water partition coefficient (Wildman–Crippen LogP) is 3.05. The first-order chi connectivity index (χ1) is 7.75. The number of benzene rings is 2. The SMILES string of the molecule is O=C(Cc1ccc(F)cc1)c1cc[c]cc1. The van der Waals surface area contributed by atoms with Gasteiger partial charge in [0.25, 0.3) is 0 Å². The molecule has 0 aliphatic heterocycles. The molecule has 0 amide bonds. The maximum absolute atomic E-state index is 12.7. The number of carbonyl (C=O) groups is 1. The molecule has 16 heavy (non-hydrogen) atoms. The van der Waals surface area contributed by atoms with Gasteiger partial charge in [-0.15, -0.1) is 0 Å². The quantitative estimate of drug-likeness (QED) is 0.716. The lowest BCUT2D eigenvalue weighted by Gasteiger charge is -2.01. The van der Waals surface area contributed by atoms with Gasteiger partial charge in [0.15, 0.2) is 5.78 Å². The van der Waals surface area contributed by atoms with Crippen LogP contribution in [0.15, 0.2) is 48.5 Å². The van der Waals surface area contributed by atoms with Gasteiger partial charge < -0.3 is 0 Å². The summed E-state index contributed by atoms with van der Waals surface area (Å²) >= 11 is 0. The highest BCUT2D eigenvalue weighted by molar-refractivity contribution is 5.97. The molecule has 1 nitrogen and oxygen atoms in total. The van der Waals surface area contributed by atoms with Crippen LogP contribution in [0.2, 0.25) is 0 Å². The second-order valence-electron chi connectivity index (χ2n) is 3.52. The molecule has 0 unspecified atom stereocenters. The van der Waals surface area contributed by atoms with Crippen LogP contribution in [0.3, 0.4) is 0 Å². The van der Waals surface area contributed by atoms with Crippen LogP contribution in [0.5, 0.6) is 0 Å². The molecule has 0 aliphatic rings. The number of ketones is 1. The summed E-state index contributed by atoms with van der Waals surface area (Å²) in [5.41, 5.74) is 1.47. The summed E-state index contributed by atoms with van der Waals surface area (Å²) in [6.07, 6.45) is 0.296. The van der Waals surface area contributed by atoms with Crippen molar-refractivity contribution in [1.29, 1.82) is 0 Å². The summed E-state index contributed by atoms with van der Waals surface area (Å²) < 4.78 is 12.7. The molecule has 79 valence electrons. The van der Waals surface area contributed by atoms with Gasteiger partial charge in [0.1, 0.15) is 5.82 Å². The van der Waals surface area contributed by atoms with E-state index in [1.54, 1.807) is 36.4 Å². The Morgan fingerprint density at radius 2 is 1.69 bits per heavy atom. The predicted molar refractivity (Wildman–Crippen MR) is 59.7 cm³/mol. The van der Waals surface area contributed by atoms with E-state index >= 15 is 0 Å². The molecule has 0 aliphatic carbocycles. The van der Waals surface area contributed by atoms with Gasteiger partial charge in [-0.2, -0.15) is 0 Å². The van der Waals surface area contributed by atoms with Gasteiger partial charge >= 0.3 is 0 Å². The van der Waals surface area contributed by atoms with Crippen molar-refractivity contribution in [3.05, 3.63) is 71.5 Å². The van der Waals surface area contributed by atoms with Gasteiger partial charge in [-0.05, 0) is 23.8 Å². The normalized spacial score (nSPS) is 10.1. The summed E-state index contributed by atoms with van der Waals surface area (Å²) in [6.45, 7) is 0. The van der Waals surface area contributed by atoms with Crippen molar-refractivity contribution in [2.24, 2.45) is 0 Å². The number of halogens is 1. The molecule has 2 rings (SSSR count). The largest absolute Gasteiger partial charge is 0.294 e. The van der Waals surface area contributed by atoms with E-state index in [1.807, 2.05) is 0 Å². The first-order valence-electron chi connectivity index (χ1n) is 4.99. The fourth-order valence-corrected chi connectivity index (χ4v) is 1.46. The molecule has 0 N–H and O–H groups in total. The molecule has 2 heteroatoms. The highest BCUT2D eigenvalue weighted by Crippen LogP contribution is 2.08. The number of hydrogen-bond acceptors (Lipinski definition) is 1. The van der Waals surface area contributed by atoms with Crippen molar-refractivity contribution in [2.45, 2.75) is 6.42 Å². The van der Waals surface area contributed by atoms with E-state index in [4.69, 9.17) is 0 Å². The Bertz CT molecular complexity index is 474. The Morgan fingerprint density at radius 3 is 2.31 bits per heavy atom. The third kappa shape index (κ3) is 2.54. The molecule has 0 saturated carbocycles. The highest BCUT2D eigenvalue weighted by Gasteiger charge is 2.05. The van der Waals surface area contributed by atoms with Crippen molar-refractivity contribution < 1.29 is 9.18 Å². The Labute approximate surface area is 93.5 Å². The zero-order valence-electron chi connectivity index (χ0n) is 8.61. The number of carbonyl (C=O) groups excluding carboxylic acids is 1. The second-order valence-corrected chi connectivity index (χ2v) is 3.52. The number of Topliss-reactive ketones (excluding diaryl/α,β-unsaturated/α-hetero) is 1. The Balaban J connectivity index is 2.11. The van der Waals surface area contributed by atoms with Crippen molar-refractivity contribution in [2.75, 3.05) is 0 Å². The van der Waals surface area contributed by atoms with Crippen LogP contribution >= 0.6 is 0 Å². The maximum Gasteiger partial charge on any atom is 0.167 e. The lowest BCUT2D eigenvalue weighted by Crippen LogP contribution is -2.03. The molecule has 0 atom stereocenters. The summed E-state index contributed by atoms with van der Waals surface area (Å²) in [5.74, 6) is -0.258. The van der Waals surface area contributed by atoms with Crippen molar-refractivity contribution in [3.8, 4) is 0 Å². The maximum atomic E-state index is 12.7. The summed E-state index contributed by atoms with van der Waals surface area (Å²) in [4.78, 5) is 11.8. The fraction of sp³-hybridized carbons (Fsp3) is 0.0714. The standard InChI is InChI=1S/C14H10FO/c15-13-8-6-11(7-9-13)10-14(16)12-4-2-1-3-5-12/h2-9H,10H2. The zero-order chi connectivity index (χ0) is 11.4. The van der Waals surface area contributed by atoms with Gasteiger partial charge in [0.2, 0.25) is 0 Å². The smallest absolute Gasteiger partial charge is 0.167 e. The Morgan fingerprint density at radius 1 is 1.06 bits per heavy atom. The van der Waals surface area contributed by atoms with Crippen LogP contribution in [0.4, 0.5) is 4.39 Å². The number of rotatable bonds is 3. The average molecular weight is 213 g/mol. The fourth-order valence-electron chi connectivity index (χ4n) is 1.46. The van der Waals surface area contributed by atoms with Gasteiger partial charge in [-0.25, -0.2) is 4.39 Å². The van der Waals surface area contributed by atoms with Crippen LogP contribution in [-0.2, 0) is 6.42 Å². The monoisotopic (exact) mass is 213 g/mol. The van der Waals surface area contributed by atoms with Gasteiger partial charge in [0, 0.05) is 12.0 Å². The van der Waals surface area contributed by atoms with E-state index in [0.29, 0.717) is 12.0 Å². The molecule has 0 saturated heterocycles. The van der Waals surface area contributed by atoms with Crippen molar-refractivity contribution in [1.82, 2.24) is 0 Å². The van der Waals surface area contributed by atoms with Crippen LogP contribution in [0.1, 0.15) is 15.9 Å². The minimum atomic E-state index is -0.287. The molecule has 0 fully saturated rings.